The van der Waals surface area contributed by atoms with E-state index < -0.39 is 0 Å². The molecule has 0 fully saturated rings. The zero-order valence-corrected chi connectivity index (χ0v) is 10.7. The molecule has 1 unspecified atom stereocenters. The third-order valence-electron chi connectivity index (χ3n) is 3.10. The molecule has 1 aromatic heterocycles. The van der Waals surface area contributed by atoms with Crippen molar-refractivity contribution in [1.82, 2.24) is 10.3 Å². The molecule has 0 saturated carbocycles. The van der Waals surface area contributed by atoms with Gasteiger partial charge in [0.05, 0.1) is 0 Å². The Kier molecular flexibility index (Phi) is 4.05. The molecule has 0 radical (unpaired) electrons. The fourth-order valence-electron chi connectivity index (χ4n) is 2.03. The Labute approximate surface area is 107 Å². The summed E-state index contributed by atoms with van der Waals surface area (Å²) in [5, 5.41) is 3.26. The van der Waals surface area contributed by atoms with Gasteiger partial charge in [-0.1, -0.05) is 18.2 Å². The van der Waals surface area contributed by atoms with Gasteiger partial charge in [0.25, 0.3) is 0 Å². The van der Waals surface area contributed by atoms with E-state index in [1.54, 1.807) is 13.1 Å². The first-order chi connectivity index (χ1) is 8.70. The van der Waals surface area contributed by atoms with Crippen molar-refractivity contribution >= 4 is 0 Å². The predicted molar refractivity (Wildman–Crippen MR) is 70.9 cm³/mol. The summed E-state index contributed by atoms with van der Waals surface area (Å²) in [7, 11) is 1.92. The highest BCUT2D eigenvalue weighted by Crippen LogP contribution is 2.20. The second-order valence-electron chi connectivity index (χ2n) is 4.42. The van der Waals surface area contributed by atoms with E-state index in [1.807, 2.05) is 37.5 Å². The van der Waals surface area contributed by atoms with Crippen LogP contribution in [-0.4, -0.2) is 12.0 Å². The number of nitrogens with zero attached hydrogens (tertiary/aromatic N) is 1. The molecule has 1 atom stereocenters. The molecule has 0 aliphatic rings. The van der Waals surface area contributed by atoms with Crippen LogP contribution in [0.15, 0.2) is 42.7 Å². The van der Waals surface area contributed by atoms with Gasteiger partial charge in [-0.05, 0) is 49.2 Å². The maximum absolute atomic E-state index is 13.3. The molecule has 0 aliphatic carbocycles. The Hall–Kier alpha value is -1.74. The summed E-state index contributed by atoms with van der Waals surface area (Å²) in [4.78, 5) is 4.11. The molecule has 1 aromatic carbocycles. The van der Waals surface area contributed by atoms with Crippen molar-refractivity contribution < 1.29 is 4.39 Å². The lowest BCUT2D eigenvalue weighted by Crippen LogP contribution is -2.19. The van der Waals surface area contributed by atoms with E-state index in [4.69, 9.17) is 0 Å². The molecule has 1 heterocycles. The second kappa shape index (κ2) is 5.74. The molecule has 2 rings (SSSR count). The minimum Gasteiger partial charge on any atom is -0.313 e. The van der Waals surface area contributed by atoms with Gasteiger partial charge in [-0.2, -0.15) is 0 Å². The fourth-order valence-corrected chi connectivity index (χ4v) is 2.03. The molecule has 18 heavy (non-hydrogen) atoms. The lowest BCUT2D eigenvalue weighted by atomic mass is 9.98. The van der Waals surface area contributed by atoms with Crippen LogP contribution in [0.5, 0.6) is 0 Å². The average molecular weight is 244 g/mol. The van der Waals surface area contributed by atoms with E-state index in [0.717, 1.165) is 12.0 Å². The number of hydrogen-bond acceptors (Lipinski definition) is 2. The van der Waals surface area contributed by atoms with Crippen molar-refractivity contribution in [2.24, 2.45) is 0 Å². The van der Waals surface area contributed by atoms with Crippen molar-refractivity contribution in [3.05, 3.63) is 65.2 Å². The summed E-state index contributed by atoms with van der Waals surface area (Å²) in [5.74, 6) is -0.157. The van der Waals surface area contributed by atoms with Crippen LogP contribution in [-0.2, 0) is 6.42 Å². The number of aromatic nitrogens is 1. The van der Waals surface area contributed by atoms with E-state index in [0.29, 0.717) is 5.56 Å². The van der Waals surface area contributed by atoms with Crippen LogP contribution >= 0.6 is 0 Å². The lowest BCUT2D eigenvalue weighted by Gasteiger charge is -2.17. The highest BCUT2D eigenvalue weighted by Gasteiger charge is 2.11. The number of benzene rings is 1. The molecule has 0 aliphatic heterocycles. The summed E-state index contributed by atoms with van der Waals surface area (Å²) in [5.41, 5.74) is 2.94. The SMILES string of the molecule is CNC(Cc1cccnc1)c1ccc(F)c(C)c1. The minimum atomic E-state index is -0.157. The maximum atomic E-state index is 13.3. The quantitative estimate of drug-likeness (QED) is 0.894. The maximum Gasteiger partial charge on any atom is 0.126 e. The van der Waals surface area contributed by atoms with Crippen LogP contribution in [0.4, 0.5) is 4.39 Å². The number of halogens is 1. The molecule has 0 spiro atoms. The molecule has 0 saturated heterocycles. The first kappa shape index (κ1) is 12.7. The van der Waals surface area contributed by atoms with E-state index in [1.165, 1.54) is 11.6 Å². The Bertz CT molecular complexity index is 511. The van der Waals surface area contributed by atoms with Gasteiger partial charge in [-0.3, -0.25) is 4.98 Å². The number of hydrogen-bond donors (Lipinski definition) is 1. The van der Waals surface area contributed by atoms with E-state index in [2.05, 4.69) is 10.3 Å². The second-order valence-corrected chi connectivity index (χ2v) is 4.42. The van der Waals surface area contributed by atoms with Gasteiger partial charge in [0.15, 0.2) is 0 Å². The average Bonchev–Trinajstić information content (AvgIpc) is 2.40. The molecular formula is C15H17FN2. The summed E-state index contributed by atoms with van der Waals surface area (Å²) in [6.45, 7) is 1.79. The number of pyridine rings is 1. The minimum absolute atomic E-state index is 0.157. The number of likely N-dealkylation sites (N-methyl/N-ethyl adjacent to an activating group) is 1. The van der Waals surface area contributed by atoms with Crippen LogP contribution < -0.4 is 5.32 Å². The largest absolute Gasteiger partial charge is 0.313 e. The summed E-state index contributed by atoms with van der Waals surface area (Å²) >= 11 is 0. The Balaban J connectivity index is 2.20. The molecule has 0 bridgehead atoms. The van der Waals surface area contributed by atoms with Crippen LogP contribution in [0.1, 0.15) is 22.7 Å². The molecular weight excluding hydrogens is 227 g/mol. The molecule has 1 N–H and O–H groups in total. The first-order valence-corrected chi connectivity index (χ1v) is 6.03. The summed E-state index contributed by atoms with van der Waals surface area (Å²) in [6, 6.07) is 9.41. The van der Waals surface area contributed by atoms with Crippen molar-refractivity contribution in [3.63, 3.8) is 0 Å². The molecule has 3 heteroatoms. The van der Waals surface area contributed by atoms with Crippen LogP contribution in [0, 0.1) is 12.7 Å². The topological polar surface area (TPSA) is 24.9 Å². The number of nitrogens with one attached hydrogen (secondary N) is 1. The molecule has 0 amide bonds. The van der Waals surface area contributed by atoms with Crippen LogP contribution in [0.25, 0.3) is 0 Å². The monoisotopic (exact) mass is 244 g/mol. The Morgan fingerprint density at radius 1 is 1.33 bits per heavy atom. The Morgan fingerprint density at radius 2 is 2.17 bits per heavy atom. The highest BCUT2D eigenvalue weighted by atomic mass is 19.1. The van der Waals surface area contributed by atoms with E-state index >= 15 is 0 Å². The fraction of sp³-hybridized carbons (Fsp3) is 0.267. The van der Waals surface area contributed by atoms with Crippen molar-refractivity contribution in [1.29, 1.82) is 0 Å². The zero-order chi connectivity index (χ0) is 13.0. The number of rotatable bonds is 4. The molecule has 94 valence electrons. The smallest absolute Gasteiger partial charge is 0.126 e. The van der Waals surface area contributed by atoms with Gasteiger partial charge in [0.1, 0.15) is 5.82 Å². The van der Waals surface area contributed by atoms with Crippen LogP contribution in [0.3, 0.4) is 0 Å². The first-order valence-electron chi connectivity index (χ1n) is 6.03. The van der Waals surface area contributed by atoms with Gasteiger partial charge < -0.3 is 5.32 Å². The third-order valence-corrected chi connectivity index (χ3v) is 3.10. The van der Waals surface area contributed by atoms with Gasteiger partial charge in [-0.25, -0.2) is 4.39 Å². The van der Waals surface area contributed by atoms with Gasteiger partial charge in [0.2, 0.25) is 0 Å². The van der Waals surface area contributed by atoms with E-state index in [-0.39, 0.29) is 11.9 Å². The third kappa shape index (κ3) is 2.93. The normalized spacial score (nSPS) is 12.4. The highest BCUT2D eigenvalue weighted by molar-refractivity contribution is 5.28. The Morgan fingerprint density at radius 3 is 2.78 bits per heavy atom. The zero-order valence-electron chi connectivity index (χ0n) is 10.7. The molecule has 2 nitrogen and oxygen atoms in total. The lowest BCUT2D eigenvalue weighted by molar-refractivity contribution is 0.582. The van der Waals surface area contributed by atoms with Gasteiger partial charge in [-0.15, -0.1) is 0 Å². The predicted octanol–water partition coefficient (Wildman–Crippen LogP) is 3.03. The van der Waals surface area contributed by atoms with E-state index in [9.17, 15) is 4.39 Å². The van der Waals surface area contributed by atoms with Gasteiger partial charge in [0, 0.05) is 18.4 Å². The standard InChI is InChI=1S/C15H17FN2/c1-11-8-13(5-6-14(11)16)15(17-2)9-12-4-3-7-18-10-12/h3-8,10,15,17H,9H2,1-2H3. The summed E-state index contributed by atoms with van der Waals surface area (Å²) in [6.07, 6.45) is 4.47. The summed E-state index contributed by atoms with van der Waals surface area (Å²) < 4.78 is 13.3. The van der Waals surface area contributed by atoms with Crippen molar-refractivity contribution in [3.8, 4) is 0 Å². The van der Waals surface area contributed by atoms with Crippen molar-refractivity contribution in [2.45, 2.75) is 19.4 Å². The number of aryl methyl sites for hydroxylation is 1. The van der Waals surface area contributed by atoms with Crippen LogP contribution in [0.2, 0.25) is 0 Å². The van der Waals surface area contributed by atoms with Crippen molar-refractivity contribution in [2.75, 3.05) is 7.05 Å². The molecule has 2 aromatic rings. The van der Waals surface area contributed by atoms with Gasteiger partial charge >= 0.3 is 0 Å².